The monoisotopic (exact) mass is 499 g/mol. The van der Waals surface area contributed by atoms with Crippen molar-refractivity contribution in [2.45, 2.75) is 39.2 Å². The van der Waals surface area contributed by atoms with Crippen molar-refractivity contribution in [1.82, 2.24) is 20.4 Å². The summed E-state index contributed by atoms with van der Waals surface area (Å²) in [5.41, 5.74) is 2.95. The molecule has 0 aromatic heterocycles. The lowest BCUT2D eigenvalue weighted by atomic mass is 10.00. The number of carbonyl (C=O) groups is 1. The molecule has 28 heavy (non-hydrogen) atoms. The van der Waals surface area contributed by atoms with Gasteiger partial charge in [-0.1, -0.05) is 24.3 Å². The van der Waals surface area contributed by atoms with E-state index in [-0.39, 0.29) is 24.0 Å². The molecule has 2 aliphatic rings. The number of benzene rings is 1. The number of fused-ring (bicyclic) bond motifs is 1. The summed E-state index contributed by atoms with van der Waals surface area (Å²) in [7, 11) is 0. The van der Waals surface area contributed by atoms with Gasteiger partial charge in [0.25, 0.3) is 0 Å². The highest BCUT2D eigenvalue weighted by atomic mass is 127. The van der Waals surface area contributed by atoms with E-state index in [2.05, 4.69) is 51.7 Å². The lowest BCUT2D eigenvalue weighted by Gasteiger charge is -2.28. The summed E-state index contributed by atoms with van der Waals surface area (Å²) in [6.07, 6.45) is 3.78. The first-order valence-electron chi connectivity index (χ1n) is 10.4. The van der Waals surface area contributed by atoms with E-state index in [0.29, 0.717) is 12.3 Å². The van der Waals surface area contributed by atoms with E-state index in [1.807, 2.05) is 4.90 Å². The first kappa shape index (κ1) is 22.9. The smallest absolute Gasteiger partial charge is 0.222 e. The molecule has 0 aliphatic carbocycles. The number of amides is 1. The Kier molecular flexibility index (Phi) is 10.0. The number of likely N-dealkylation sites (tertiary alicyclic amines) is 1. The maximum atomic E-state index is 11.6. The van der Waals surface area contributed by atoms with E-state index < -0.39 is 0 Å². The van der Waals surface area contributed by atoms with Gasteiger partial charge in [-0.25, -0.2) is 0 Å². The fourth-order valence-electron chi connectivity index (χ4n) is 3.81. The van der Waals surface area contributed by atoms with Crippen LogP contribution in [0.3, 0.4) is 0 Å². The summed E-state index contributed by atoms with van der Waals surface area (Å²) in [5, 5.41) is 6.76. The van der Waals surface area contributed by atoms with Crippen LogP contribution >= 0.6 is 24.0 Å². The van der Waals surface area contributed by atoms with Crippen molar-refractivity contribution >= 4 is 35.8 Å². The molecule has 0 unspecified atom stereocenters. The minimum absolute atomic E-state index is 0. The van der Waals surface area contributed by atoms with Gasteiger partial charge in [-0.3, -0.25) is 14.7 Å². The standard InChI is InChI=1S/C21H33N5O.HI/c1-2-22-21(23-11-6-14-26-13-5-9-20(26)27)24-12-16-25-15-10-18-7-3-4-8-19(18)17-25;/h3-4,7-8H,2,5-6,9-17H2,1H3,(H2,22,23,24);1H. The van der Waals surface area contributed by atoms with Crippen molar-refractivity contribution in [2.24, 2.45) is 4.99 Å². The molecule has 0 bridgehead atoms. The molecule has 1 saturated heterocycles. The van der Waals surface area contributed by atoms with Crippen LogP contribution in [0, 0.1) is 0 Å². The van der Waals surface area contributed by atoms with E-state index in [9.17, 15) is 4.79 Å². The van der Waals surface area contributed by atoms with Crippen molar-refractivity contribution in [3.63, 3.8) is 0 Å². The minimum Gasteiger partial charge on any atom is -0.357 e. The third-order valence-electron chi connectivity index (χ3n) is 5.30. The van der Waals surface area contributed by atoms with Crippen LogP contribution in [0.4, 0.5) is 0 Å². The summed E-state index contributed by atoms with van der Waals surface area (Å²) >= 11 is 0. The Hall–Kier alpha value is -1.35. The van der Waals surface area contributed by atoms with Crippen LogP contribution in [-0.2, 0) is 17.8 Å². The highest BCUT2D eigenvalue weighted by Crippen LogP contribution is 2.17. The number of rotatable bonds is 8. The molecule has 1 aromatic rings. The number of aliphatic imine (C=N–C) groups is 1. The highest BCUT2D eigenvalue weighted by molar-refractivity contribution is 14.0. The van der Waals surface area contributed by atoms with Gasteiger partial charge in [0.15, 0.2) is 5.96 Å². The van der Waals surface area contributed by atoms with Crippen LogP contribution in [0.15, 0.2) is 29.3 Å². The quantitative estimate of drug-likeness (QED) is 0.249. The van der Waals surface area contributed by atoms with Gasteiger partial charge in [-0.15, -0.1) is 24.0 Å². The molecule has 2 aliphatic heterocycles. The Morgan fingerprint density at radius 2 is 1.93 bits per heavy atom. The molecule has 6 nitrogen and oxygen atoms in total. The largest absolute Gasteiger partial charge is 0.357 e. The second kappa shape index (κ2) is 12.3. The van der Waals surface area contributed by atoms with Crippen LogP contribution in [0.2, 0.25) is 0 Å². The zero-order valence-electron chi connectivity index (χ0n) is 17.0. The molecule has 7 heteroatoms. The molecule has 1 amide bonds. The van der Waals surface area contributed by atoms with Crippen molar-refractivity contribution in [3.8, 4) is 0 Å². The molecule has 2 N–H and O–H groups in total. The molecule has 1 aromatic carbocycles. The van der Waals surface area contributed by atoms with Crippen LogP contribution in [-0.4, -0.2) is 67.5 Å². The molecule has 1 fully saturated rings. The number of guanidine groups is 1. The number of nitrogens with zero attached hydrogens (tertiary/aromatic N) is 3. The van der Waals surface area contributed by atoms with Gasteiger partial charge < -0.3 is 15.5 Å². The van der Waals surface area contributed by atoms with E-state index >= 15 is 0 Å². The molecular formula is C21H34IN5O. The third-order valence-corrected chi connectivity index (χ3v) is 5.30. The van der Waals surface area contributed by atoms with Gasteiger partial charge in [0.2, 0.25) is 5.91 Å². The van der Waals surface area contributed by atoms with Crippen LogP contribution in [0.5, 0.6) is 0 Å². The van der Waals surface area contributed by atoms with Crippen molar-refractivity contribution in [3.05, 3.63) is 35.4 Å². The lowest BCUT2D eigenvalue weighted by molar-refractivity contribution is -0.127. The fourth-order valence-corrected chi connectivity index (χ4v) is 3.81. The molecule has 0 saturated carbocycles. The summed E-state index contributed by atoms with van der Waals surface area (Å²) in [5.74, 6) is 1.18. The maximum absolute atomic E-state index is 11.6. The Bertz CT molecular complexity index is 651. The van der Waals surface area contributed by atoms with Gasteiger partial charge in [0.1, 0.15) is 0 Å². The molecule has 2 heterocycles. The predicted molar refractivity (Wildman–Crippen MR) is 125 cm³/mol. The highest BCUT2D eigenvalue weighted by Gasteiger charge is 2.19. The van der Waals surface area contributed by atoms with Gasteiger partial charge in [-0.05, 0) is 37.3 Å². The van der Waals surface area contributed by atoms with Crippen molar-refractivity contribution in [1.29, 1.82) is 0 Å². The Morgan fingerprint density at radius 1 is 1.11 bits per heavy atom. The number of hydrogen-bond donors (Lipinski definition) is 2. The fraction of sp³-hybridized carbons (Fsp3) is 0.619. The van der Waals surface area contributed by atoms with Gasteiger partial charge in [0, 0.05) is 58.8 Å². The van der Waals surface area contributed by atoms with E-state index in [1.165, 1.54) is 11.1 Å². The van der Waals surface area contributed by atoms with Crippen molar-refractivity contribution < 1.29 is 4.79 Å². The molecule has 0 atom stereocenters. The maximum Gasteiger partial charge on any atom is 0.222 e. The third kappa shape index (κ3) is 6.92. The van der Waals surface area contributed by atoms with E-state index in [0.717, 1.165) is 77.6 Å². The number of nitrogens with one attached hydrogen (secondary N) is 2. The Balaban J connectivity index is 0.00000280. The topological polar surface area (TPSA) is 60.0 Å². The van der Waals surface area contributed by atoms with Gasteiger partial charge in [-0.2, -0.15) is 0 Å². The molecule has 0 radical (unpaired) electrons. The molecule has 3 rings (SSSR count). The molecule has 156 valence electrons. The lowest BCUT2D eigenvalue weighted by Crippen LogP contribution is -2.42. The zero-order chi connectivity index (χ0) is 18.9. The second-order valence-corrected chi connectivity index (χ2v) is 7.32. The Morgan fingerprint density at radius 3 is 2.68 bits per heavy atom. The van der Waals surface area contributed by atoms with Crippen LogP contribution in [0.25, 0.3) is 0 Å². The number of halogens is 1. The normalized spacial score (nSPS) is 17.2. The first-order valence-corrected chi connectivity index (χ1v) is 10.4. The van der Waals surface area contributed by atoms with Crippen LogP contribution in [0.1, 0.15) is 37.3 Å². The SMILES string of the molecule is CCNC(=NCCCN1CCCC1=O)NCCN1CCc2ccccc2C1.I. The minimum atomic E-state index is 0. The number of hydrogen-bond acceptors (Lipinski definition) is 3. The summed E-state index contributed by atoms with van der Waals surface area (Å²) in [6, 6.07) is 8.75. The average molecular weight is 499 g/mol. The Labute approximate surface area is 186 Å². The average Bonchev–Trinajstić information content (AvgIpc) is 3.10. The predicted octanol–water partition coefficient (Wildman–Crippen LogP) is 2.23. The molecular weight excluding hydrogens is 465 g/mol. The zero-order valence-corrected chi connectivity index (χ0v) is 19.3. The summed E-state index contributed by atoms with van der Waals surface area (Å²) in [6.45, 7) is 9.49. The van der Waals surface area contributed by atoms with Gasteiger partial charge >= 0.3 is 0 Å². The van der Waals surface area contributed by atoms with Crippen LogP contribution < -0.4 is 10.6 Å². The first-order chi connectivity index (χ1) is 13.3. The summed E-state index contributed by atoms with van der Waals surface area (Å²) < 4.78 is 0. The number of carbonyl (C=O) groups excluding carboxylic acids is 1. The van der Waals surface area contributed by atoms with E-state index in [1.54, 1.807) is 0 Å². The van der Waals surface area contributed by atoms with E-state index in [4.69, 9.17) is 0 Å². The summed E-state index contributed by atoms with van der Waals surface area (Å²) in [4.78, 5) is 20.8. The molecule has 0 spiro atoms. The van der Waals surface area contributed by atoms with Crippen molar-refractivity contribution in [2.75, 3.05) is 45.8 Å². The second-order valence-electron chi connectivity index (χ2n) is 7.32. The van der Waals surface area contributed by atoms with Gasteiger partial charge in [0.05, 0.1) is 0 Å².